The lowest BCUT2D eigenvalue weighted by molar-refractivity contribution is 0.240. The van der Waals surface area contributed by atoms with Gasteiger partial charge >= 0.3 is 0 Å². The van der Waals surface area contributed by atoms with Crippen molar-refractivity contribution in [2.75, 3.05) is 44.6 Å². The molecule has 1 fully saturated rings. The van der Waals surface area contributed by atoms with Gasteiger partial charge in [-0.25, -0.2) is 0 Å². The first-order valence-corrected chi connectivity index (χ1v) is 6.50. The second-order valence-corrected chi connectivity index (χ2v) is 4.63. The van der Waals surface area contributed by atoms with Gasteiger partial charge in [-0.15, -0.1) is 0 Å². The van der Waals surface area contributed by atoms with E-state index in [9.17, 15) is 0 Å². The van der Waals surface area contributed by atoms with Gasteiger partial charge in [0, 0.05) is 45.1 Å². The number of aromatic nitrogens is 1. The van der Waals surface area contributed by atoms with Crippen LogP contribution in [-0.4, -0.2) is 49.2 Å². The molecule has 4 nitrogen and oxygen atoms in total. The molecule has 1 aromatic rings. The molecule has 2 N–H and O–H groups in total. The number of piperazine rings is 1. The molecule has 5 heteroatoms. The molecule has 1 aliphatic rings. The highest BCUT2D eigenvalue weighted by molar-refractivity contribution is 6.33. The highest BCUT2D eigenvalue weighted by Gasteiger charge is 2.08. The van der Waals surface area contributed by atoms with Crippen molar-refractivity contribution < 1.29 is 0 Å². The van der Waals surface area contributed by atoms with Crippen molar-refractivity contribution in [1.29, 1.82) is 0 Å². The van der Waals surface area contributed by atoms with Crippen LogP contribution in [0.25, 0.3) is 0 Å². The van der Waals surface area contributed by atoms with Gasteiger partial charge in [-0.1, -0.05) is 11.6 Å². The Morgan fingerprint density at radius 3 is 3.00 bits per heavy atom. The Morgan fingerprint density at radius 2 is 2.24 bits per heavy atom. The standard InChI is InChI=1S/C12H19ClN4/c13-11-10-15-4-2-12(11)16-3-1-7-17-8-5-14-6-9-17/h2,4,10,14H,1,3,5-9H2,(H,15,16). The van der Waals surface area contributed by atoms with Gasteiger partial charge in [0.1, 0.15) is 0 Å². The first-order valence-electron chi connectivity index (χ1n) is 6.13. The average Bonchev–Trinajstić information content (AvgIpc) is 2.38. The molecule has 1 saturated heterocycles. The summed E-state index contributed by atoms with van der Waals surface area (Å²) in [6.45, 7) is 6.66. The number of anilines is 1. The van der Waals surface area contributed by atoms with E-state index in [0.29, 0.717) is 5.02 Å². The molecule has 94 valence electrons. The van der Waals surface area contributed by atoms with Crippen LogP contribution in [0.5, 0.6) is 0 Å². The zero-order valence-electron chi connectivity index (χ0n) is 9.95. The topological polar surface area (TPSA) is 40.2 Å². The van der Waals surface area contributed by atoms with E-state index in [2.05, 4.69) is 20.5 Å². The smallest absolute Gasteiger partial charge is 0.0820 e. The Hall–Kier alpha value is -0.840. The Bertz CT molecular complexity index is 339. The lowest BCUT2D eigenvalue weighted by atomic mass is 10.3. The van der Waals surface area contributed by atoms with Crippen LogP contribution in [0.4, 0.5) is 5.69 Å². The molecule has 0 bridgehead atoms. The van der Waals surface area contributed by atoms with Gasteiger partial charge in [-0.2, -0.15) is 0 Å². The minimum absolute atomic E-state index is 0.690. The van der Waals surface area contributed by atoms with Crippen molar-refractivity contribution in [2.24, 2.45) is 0 Å². The summed E-state index contributed by atoms with van der Waals surface area (Å²) in [4.78, 5) is 6.45. The normalized spacial score (nSPS) is 17.0. The van der Waals surface area contributed by atoms with Crippen LogP contribution < -0.4 is 10.6 Å². The Labute approximate surface area is 107 Å². The predicted molar refractivity (Wildman–Crippen MR) is 71.7 cm³/mol. The fraction of sp³-hybridized carbons (Fsp3) is 0.583. The number of hydrogen-bond acceptors (Lipinski definition) is 4. The molecule has 2 rings (SSSR count). The second-order valence-electron chi connectivity index (χ2n) is 4.23. The minimum Gasteiger partial charge on any atom is -0.384 e. The number of hydrogen-bond donors (Lipinski definition) is 2. The second kappa shape index (κ2) is 6.79. The molecular formula is C12H19ClN4. The summed E-state index contributed by atoms with van der Waals surface area (Å²) in [5.74, 6) is 0. The van der Waals surface area contributed by atoms with Gasteiger partial charge in [-0.05, 0) is 19.0 Å². The third-order valence-electron chi connectivity index (χ3n) is 2.95. The monoisotopic (exact) mass is 254 g/mol. The fourth-order valence-corrected chi connectivity index (χ4v) is 2.17. The van der Waals surface area contributed by atoms with Crippen molar-refractivity contribution in [3.63, 3.8) is 0 Å². The fourth-order valence-electron chi connectivity index (χ4n) is 1.98. The number of nitrogens with one attached hydrogen (secondary N) is 2. The summed E-state index contributed by atoms with van der Waals surface area (Å²) in [5.41, 5.74) is 0.974. The molecule has 17 heavy (non-hydrogen) atoms. The summed E-state index contributed by atoms with van der Waals surface area (Å²) in [6.07, 6.45) is 4.56. The van der Waals surface area contributed by atoms with E-state index in [-0.39, 0.29) is 0 Å². The Kier molecular flexibility index (Phi) is 5.04. The van der Waals surface area contributed by atoms with Gasteiger partial charge in [0.15, 0.2) is 0 Å². The van der Waals surface area contributed by atoms with E-state index in [1.165, 1.54) is 0 Å². The average molecular weight is 255 g/mol. The van der Waals surface area contributed by atoms with Crippen molar-refractivity contribution in [2.45, 2.75) is 6.42 Å². The van der Waals surface area contributed by atoms with Crippen LogP contribution in [0.15, 0.2) is 18.5 Å². The van der Waals surface area contributed by atoms with Crippen LogP contribution >= 0.6 is 11.6 Å². The highest BCUT2D eigenvalue weighted by Crippen LogP contribution is 2.18. The minimum atomic E-state index is 0.690. The molecule has 0 aliphatic carbocycles. The summed E-state index contributed by atoms with van der Waals surface area (Å²) < 4.78 is 0. The van der Waals surface area contributed by atoms with Crippen LogP contribution in [0, 0.1) is 0 Å². The first-order chi connectivity index (χ1) is 8.36. The van der Waals surface area contributed by atoms with Crippen LogP contribution in [-0.2, 0) is 0 Å². The van der Waals surface area contributed by atoms with E-state index in [0.717, 1.165) is 51.4 Å². The summed E-state index contributed by atoms with van der Waals surface area (Å²) in [5, 5.41) is 7.38. The lowest BCUT2D eigenvalue weighted by Gasteiger charge is -2.27. The van der Waals surface area contributed by atoms with Crippen LogP contribution in [0.3, 0.4) is 0 Å². The summed E-state index contributed by atoms with van der Waals surface area (Å²) in [7, 11) is 0. The van der Waals surface area contributed by atoms with Crippen molar-refractivity contribution in [1.82, 2.24) is 15.2 Å². The largest absolute Gasteiger partial charge is 0.384 e. The molecule has 0 radical (unpaired) electrons. The van der Waals surface area contributed by atoms with Crippen molar-refractivity contribution >= 4 is 17.3 Å². The van der Waals surface area contributed by atoms with Gasteiger partial charge < -0.3 is 15.5 Å². The number of nitrogens with zero attached hydrogens (tertiary/aromatic N) is 2. The zero-order valence-corrected chi connectivity index (χ0v) is 10.7. The predicted octanol–water partition coefficient (Wildman–Crippen LogP) is 1.44. The van der Waals surface area contributed by atoms with Crippen LogP contribution in [0.1, 0.15) is 6.42 Å². The highest BCUT2D eigenvalue weighted by atomic mass is 35.5. The van der Waals surface area contributed by atoms with Gasteiger partial charge in [0.05, 0.1) is 10.7 Å². The molecule has 0 atom stereocenters. The Morgan fingerprint density at radius 1 is 1.41 bits per heavy atom. The maximum absolute atomic E-state index is 6.01. The third-order valence-corrected chi connectivity index (χ3v) is 3.25. The molecule has 0 unspecified atom stereocenters. The third kappa shape index (κ3) is 4.15. The molecule has 1 aliphatic heterocycles. The summed E-state index contributed by atoms with van der Waals surface area (Å²) >= 11 is 6.01. The maximum Gasteiger partial charge on any atom is 0.0820 e. The van der Waals surface area contributed by atoms with Gasteiger partial charge in [0.2, 0.25) is 0 Å². The SMILES string of the molecule is Clc1cnccc1NCCCN1CCNCC1. The number of pyridine rings is 1. The molecule has 0 saturated carbocycles. The molecule has 1 aromatic heterocycles. The molecule has 0 aromatic carbocycles. The van der Waals surface area contributed by atoms with Crippen molar-refractivity contribution in [3.05, 3.63) is 23.5 Å². The number of halogens is 1. The van der Waals surface area contributed by atoms with E-state index in [1.807, 2.05) is 6.07 Å². The van der Waals surface area contributed by atoms with Crippen molar-refractivity contribution in [3.8, 4) is 0 Å². The van der Waals surface area contributed by atoms with E-state index < -0.39 is 0 Å². The molecule has 0 spiro atoms. The number of rotatable bonds is 5. The van der Waals surface area contributed by atoms with Gasteiger partial charge in [0.25, 0.3) is 0 Å². The van der Waals surface area contributed by atoms with Crippen LogP contribution in [0.2, 0.25) is 5.02 Å². The van der Waals surface area contributed by atoms with E-state index in [4.69, 9.17) is 11.6 Å². The summed E-state index contributed by atoms with van der Waals surface area (Å²) in [6, 6.07) is 1.91. The first kappa shape index (κ1) is 12.6. The maximum atomic E-state index is 6.01. The molecular weight excluding hydrogens is 236 g/mol. The van der Waals surface area contributed by atoms with E-state index in [1.54, 1.807) is 12.4 Å². The lowest BCUT2D eigenvalue weighted by Crippen LogP contribution is -2.44. The van der Waals surface area contributed by atoms with Gasteiger partial charge in [-0.3, -0.25) is 4.98 Å². The molecule has 0 amide bonds. The quantitative estimate of drug-likeness (QED) is 0.781. The molecule has 2 heterocycles. The zero-order chi connectivity index (χ0) is 11.9. The van der Waals surface area contributed by atoms with E-state index >= 15 is 0 Å². The Balaban J connectivity index is 1.64.